The molecule has 4 nitrogen and oxygen atoms in total. The summed E-state index contributed by atoms with van der Waals surface area (Å²) in [5.74, 6) is 0.104. The van der Waals surface area contributed by atoms with E-state index in [0.29, 0.717) is 31.0 Å². The molecule has 0 atom stereocenters. The van der Waals surface area contributed by atoms with Gasteiger partial charge < -0.3 is 14.4 Å². The van der Waals surface area contributed by atoms with Crippen LogP contribution in [0.2, 0.25) is 0 Å². The molecule has 0 bridgehead atoms. The largest absolute Gasteiger partial charge is 0.490 e. The minimum Gasteiger partial charge on any atom is -0.490 e. The van der Waals surface area contributed by atoms with Crippen LogP contribution in [0.5, 0.6) is 5.75 Å². The lowest BCUT2D eigenvalue weighted by atomic mass is 10.1. The molecule has 7 heteroatoms. The van der Waals surface area contributed by atoms with Gasteiger partial charge in [0.15, 0.2) is 0 Å². The van der Waals surface area contributed by atoms with Crippen LogP contribution in [0.25, 0.3) is 0 Å². The van der Waals surface area contributed by atoms with Gasteiger partial charge in [0.2, 0.25) is 0 Å². The number of anilines is 1. The van der Waals surface area contributed by atoms with Gasteiger partial charge in [0.05, 0.1) is 30.5 Å². The van der Waals surface area contributed by atoms with Crippen LogP contribution in [-0.2, 0) is 17.5 Å². The van der Waals surface area contributed by atoms with Crippen molar-refractivity contribution in [1.82, 2.24) is 0 Å². The fourth-order valence-electron chi connectivity index (χ4n) is 2.71. The molecule has 0 unspecified atom stereocenters. The molecule has 0 aliphatic carbocycles. The van der Waals surface area contributed by atoms with Crippen molar-refractivity contribution in [3.05, 3.63) is 59.2 Å². The van der Waals surface area contributed by atoms with Crippen LogP contribution in [0, 0.1) is 0 Å². The van der Waals surface area contributed by atoms with Crippen molar-refractivity contribution < 1.29 is 27.4 Å². The minimum absolute atomic E-state index is 0.387. The zero-order chi connectivity index (χ0) is 18.0. The molecule has 0 saturated carbocycles. The number of halogens is 3. The summed E-state index contributed by atoms with van der Waals surface area (Å²) in [4.78, 5) is 13.6. The van der Waals surface area contributed by atoms with Crippen molar-refractivity contribution in [2.24, 2.45) is 0 Å². The van der Waals surface area contributed by atoms with Gasteiger partial charge in [-0.25, -0.2) is 4.79 Å². The summed E-state index contributed by atoms with van der Waals surface area (Å²) in [6.07, 6.45) is -4.34. The second kappa shape index (κ2) is 6.66. The van der Waals surface area contributed by atoms with Crippen molar-refractivity contribution in [3.63, 3.8) is 0 Å². The number of alkyl halides is 3. The van der Waals surface area contributed by atoms with E-state index >= 15 is 0 Å². The van der Waals surface area contributed by atoms with E-state index in [9.17, 15) is 18.0 Å². The lowest BCUT2D eigenvalue weighted by Crippen LogP contribution is -2.32. The third kappa shape index (κ3) is 3.70. The maximum absolute atomic E-state index is 12.6. The summed E-state index contributed by atoms with van der Waals surface area (Å²) >= 11 is 0. The number of carbonyl (C=O) groups is 1. The van der Waals surface area contributed by atoms with Crippen LogP contribution in [0.3, 0.4) is 0 Å². The normalized spacial score (nSPS) is 13.8. The van der Waals surface area contributed by atoms with E-state index < -0.39 is 17.7 Å². The molecule has 0 aromatic heterocycles. The Labute approximate surface area is 142 Å². The van der Waals surface area contributed by atoms with E-state index in [0.717, 1.165) is 23.4 Å². The zero-order valence-corrected chi connectivity index (χ0v) is 13.5. The predicted octanol–water partition coefficient (Wildman–Crippen LogP) is 3.89. The highest BCUT2D eigenvalue weighted by Gasteiger charge is 2.30. The van der Waals surface area contributed by atoms with Gasteiger partial charge in [0.25, 0.3) is 0 Å². The third-order valence-electron chi connectivity index (χ3n) is 4.00. The topological polar surface area (TPSA) is 38.8 Å². The quantitative estimate of drug-likeness (QED) is 0.787. The molecular weight excluding hydrogens is 335 g/mol. The summed E-state index contributed by atoms with van der Waals surface area (Å²) in [6.45, 7) is 1.48. The van der Waals surface area contributed by atoms with E-state index in [4.69, 9.17) is 4.74 Å². The predicted molar refractivity (Wildman–Crippen MR) is 85.8 cm³/mol. The van der Waals surface area contributed by atoms with Gasteiger partial charge in [0.1, 0.15) is 12.4 Å². The highest BCUT2D eigenvalue weighted by atomic mass is 19.4. The third-order valence-corrected chi connectivity index (χ3v) is 4.00. The first-order valence-corrected chi connectivity index (χ1v) is 7.65. The number of hydrogen-bond acceptors (Lipinski definition) is 4. The maximum Gasteiger partial charge on any atom is 0.416 e. The number of methoxy groups -OCH3 is 1. The summed E-state index contributed by atoms with van der Waals surface area (Å²) in [5.41, 5.74) is 1.27. The Morgan fingerprint density at radius 1 is 1.20 bits per heavy atom. The first kappa shape index (κ1) is 17.1. The molecule has 0 spiro atoms. The molecule has 132 valence electrons. The van der Waals surface area contributed by atoms with Gasteiger partial charge >= 0.3 is 12.1 Å². The van der Waals surface area contributed by atoms with Crippen LogP contribution in [0.1, 0.15) is 21.5 Å². The van der Waals surface area contributed by atoms with Gasteiger partial charge in [-0.1, -0.05) is 12.1 Å². The maximum atomic E-state index is 12.6. The monoisotopic (exact) mass is 351 g/mol. The summed E-state index contributed by atoms with van der Waals surface area (Å²) in [7, 11) is 1.31. The molecule has 25 heavy (non-hydrogen) atoms. The first-order chi connectivity index (χ1) is 11.9. The van der Waals surface area contributed by atoms with Gasteiger partial charge in [-0.2, -0.15) is 13.2 Å². The van der Waals surface area contributed by atoms with Gasteiger partial charge in [-0.3, -0.25) is 0 Å². The number of hydrogen-bond donors (Lipinski definition) is 0. The number of carbonyl (C=O) groups excluding carboxylic acids is 1. The number of benzene rings is 2. The molecule has 3 rings (SSSR count). The molecular formula is C18H16F3NO3. The average molecular weight is 351 g/mol. The van der Waals surface area contributed by atoms with Gasteiger partial charge in [-0.05, 0) is 35.9 Å². The van der Waals surface area contributed by atoms with Gasteiger partial charge in [0, 0.05) is 6.54 Å². The van der Waals surface area contributed by atoms with E-state index in [2.05, 4.69) is 4.74 Å². The molecule has 2 aromatic rings. The fourth-order valence-corrected chi connectivity index (χ4v) is 2.71. The lowest BCUT2D eigenvalue weighted by Gasteiger charge is -2.31. The van der Waals surface area contributed by atoms with Crippen molar-refractivity contribution in [2.45, 2.75) is 12.7 Å². The number of rotatable bonds is 3. The van der Waals surface area contributed by atoms with Crippen LogP contribution in [0.4, 0.5) is 18.9 Å². The molecule has 2 aromatic carbocycles. The molecule has 1 aliphatic heterocycles. The average Bonchev–Trinajstić information content (AvgIpc) is 2.60. The van der Waals surface area contributed by atoms with Crippen molar-refractivity contribution in [1.29, 1.82) is 0 Å². The molecule has 1 heterocycles. The van der Waals surface area contributed by atoms with Crippen molar-refractivity contribution in [2.75, 3.05) is 25.2 Å². The second-order valence-electron chi connectivity index (χ2n) is 5.64. The SMILES string of the molecule is COC(=O)c1ccc2c(c1)OCCN2Cc1ccc(C(F)(F)F)cc1. The smallest absolute Gasteiger partial charge is 0.416 e. The number of nitrogens with zero attached hydrogens (tertiary/aromatic N) is 1. The standard InChI is InChI=1S/C18H16F3NO3/c1-24-17(23)13-4-7-15-16(10-13)25-9-8-22(15)11-12-2-5-14(6-3-12)18(19,20)21/h2-7,10H,8-9,11H2,1H3. The van der Waals surface area contributed by atoms with Crippen LogP contribution in [-0.4, -0.2) is 26.2 Å². The Balaban J connectivity index is 1.80. The zero-order valence-electron chi connectivity index (χ0n) is 13.5. The molecule has 0 fully saturated rings. The van der Waals surface area contributed by atoms with Crippen LogP contribution >= 0.6 is 0 Å². The Kier molecular flexibility index (Phi) is 4.57. The van der Waals surface area contributed by atoms with Crippen LogP contribution in [0.15, 0.2) is 42.5 Å². The van der Waals surface area contributed by atoms with E-state index in [1.807, 2.05) is 4.90 Å². The molecule has 0 N–H and O–H groups in total. The minimum atomic E-state index is -4.34. The van der Waals surface area contributed by atoms with E-state index in [-0.39, 0.29) is 0 Å². The Morgan fingerprint density at radius 2 is 1.92 bits per heavy atom. The Morgan fingerprint density at radius 3 is 2.56 bits per heavy atom. The van der Waals surface area contributed by atoms with Crippen molar-refractivity contribution >= 4 is 11.7 Å². The highest BCUT2D eigenvalue weighted by Crippen LogP contribution is 2.34. The fraction of sp³-hybridized carbons (Fsp3) is 0.278. The number of fused-ring (bicyclic) bond motifs is 1. The Bertz CT molecular complexity index is 772. The van der Waals surface area contributed by atoms with Crippen LogP contribution < -0.4 is 9.64 Å². The van der Waals surface area contributed by atoms with E-state index in [1.54, 1.807) is 18.2 Å². The molecule has 0 amide bonds. The molecule has 0 radical (unpaired) electrons. The van der Waals surface area contributed by atoms with E-state index in [1.165, 1.54) is 19.2 Å². The number of esters is 1. The lowest BCUT2D eigenvalue weighted by molar-refractivity contribution is -0.137. The van der Waals surface area contributed by atoms with Gasteiger partial charge in [-0.15, -0.1) is 0 Å². The number of ether oxygens (including phenoxy) is 2. The second-order valence-corrected chi connectivity index (χ2v) is 5.64. The Hall–Kier alpha value is -2.70. The molecule has 0 saturated heterocycles. The molecule has 1 aliphatic rings. The first-order valence-electron chi connectivity index (χ1n) is 7.65. The highest BCUT2D eigenvalue weighted by molar-refractivity contribution is 5.90. The summed E-state index contributed by atoms with van der Waals surface area (Å²) in [5, 5.41) is 0. The summed E-state index contributed by atoms with van der Waals surface area (Å²) < 4.78 is 48.2. The van der Waals surface area contributed by atoms with Crippen molar-refractivity contribution in [3.8, 4) is 5.75 Å². The summed E-state index contributed by atoms with van der Waals surface area (Å²) in [6, 6.07) is 10.1.